The van der Waals surface area contributed by atoms with E-state index in [0.717, 1.165) is 4.57 Å². The molecule has 0 N–H and O–H groups in total. The third-order valence-corrected chi connectivity index (χ3v) is 5.25. The molecule has 13 heteroatoms. The first-order chi connectivity index (χ1) is 14.6. The maximum absolute atomic E-state index is 12.7. The summed E-state index contributed by atoms with van der Waals surface area (Å²) in [5.41, 5.74) is -0.674. The molecule has 0 radical (unpaired) electrons. The lowest BCUT2D eigenvalue weighted by Crippen LogP contribution is -2.51. The Morgan fingerprint density at radius 2 is 1.84 bits per heavy atom. The van der Waals surface area contributed by atoms with Crippen molar-refractivity contribution in [2.24, 2.45) is 14.1 Å². The van der Waals surface area contributed by atoms with Gasteiger partial charge in [0.25, 0.3) is 5.56 Å². The van der Waals surface area contributed by atoms with Gasteiger partial charge in [0.1, 0.15) is 13.2 Å². The molecule has 0 aliphatic carbocycles. The molecule has 2 aromatic heterocycles. The van der Waals surface area contributed by atoms with E-state index in [0.29, 0.717) is 39.1 Å². The summed E-state index contributed by atoms with van der Waals surface area (Å²) in [7, 11) is 3.13. The van der Waals surface area contributed by atoms with Gasteiger partial charge in [-0.1, -0.05) is 0 Å². The number of amides is 1. The topological polar surface area (TPSA) is 94.6 Å². The maximum atomic E-state index is 12.7. The molecule has 0 saturated carbocycles. The molecule has 0 atom stereocenters. The quantitative estimate of drug-likeness (QED) is 0.535. The standard InChI is InChI=1S/C18H25F3N6O4/c1-23-12-22-15-14(23)16(29)27(17(30)24(15)2)10-13(28)26-7-5-25(6-8-26)4-3-9-31-11-18(19,20)21/h12H,3-11H2,1-2H3. The Kier molecular flexibility index (Phi) is 6.84. The van der Waals surface area contributed by atoms with Gasteiger partial charge in [-0.2, -0.15) is 13.2 Å². The van der Waals surface area contributed by atoms with Gasteiger partial charge in [-0.05, 0) is 6.42 Å². The number of imidazole rings is 1. The van der Waals surface area contributed by atoms with Gasteiger partial charge in [0.15, 0.2) is 11.2 Å². The van der Waals surface area contributed by atoms with Crippen LogP contribution >= 0.6 is 0 Å². The molecule has 1 amide bonds. The summed E-state index contributed by atoms with van der Waals surface area (Å²) >= 11 is 0. The lowest BCUT2D eigenvalue weighted by molar-refractivity contribution is -0.174. The molecular formula is C18H25F3N6O4. The van der Waals surface area contributed by atoms with Crippen LogP contribution in [0, 0.1) is 0 Å². The Labute approximate surface area is 175 Å². The van der Waals surface area contributed by atoms with Crippen molar-refractivity contribution in [1.29, 1.82) is 0 Å². The second-order valence-electron chi connectivity index (χ2n) is 7.50. The van der Waals surface area contributed by atoms with Gasteiger partial charge in [-0.3, -0.25) is 19.1 Å². The third kappa shape index (κ3) is 5.34. The fourth-order valence-corrected chi connectivity index (χ4v) is 3.57. The van der Waals surface area contributed by atoms with Crippen LogP contribution in [-0.4, -0.2) is 86.5 Å². The number of carbonyl (C=O) groups is 1. The highest BCUT2D eigenvalue weighted by Crippen LogP contribution is 2.14. The molecule has 1 fully saturated rings. The number of hydrogen-bond acceptors (Lipinski definition) is 6. The molecule has 0 unspecified atom stereocenters. The minimum atomic E-state index is -4.32. The van der Waals surface area contributed by atoms with Crippen molar-refractivity contribution in [3.05, 3.63) is 27.2 Å². The van der Waals surface area contributed by atoms with Crippen molar-refractivity contribution in [2.75, 3.05) is 45.9 Å². The van der Waals surface area contributed by atoms with Crippen molar-refractivity contribution in [3.63, 3.8) is 0 Å². The molecule has 3 heterocycles. The summed E-state index contributed by atoms with van der Waals surface area (Å²) in [4.78, 5) is 45.6. The number of halogens is 3. The molecule has 172 valence electrons. The number of alkyl halides is 3. The van der Waals surface area contributed by atoms with Crippen LogP contribution in [-0.2, 0) is 30.2 Å². The number of ether oxygens (including phenoxy) is 1. The van der Waals surface area contributed by atoms with Crippen molar-refractivity contribution in [2.45, 2.75) is 19.1 Å². The average molecular weight is 446 g/mol. The van der Waals surface area contributed by atoms with Crippen molar-refractivity contribution >= 4 is 17.1 Å². The van der Waals surface area contributed by atoms with Gasteiger partial charge < -0.3 is 14.2 Å². The van der Waals surface area contributed by atoms with Crippen LogP contribution in [0.5, 0.6) is 0 Å². The SMILES string of the molecule is Cn1cnc2c1c(=O)n(CC(=O)N1CCN(CCCOCC(F)(F)F)CC1)c(=O)n2C. The van der Waals surface area contributed by atoms with E-state index in [9.17, 15) is 27.6 Å². The number of rotatable bonds is 7. The molecule has 31 heavy (non-hydrogen) atoms. The Morgan fingerprint density at radius 1 is 1.16 bits per heavy atom. The predicted octanol–water partition coefficient (Wildman–Crippen LogP) is -0.453. The van der Waals surface area contributed by atoms with Crippen molar-refractivity contribution in [1.82, 2.24) is 28.5 Å². The summed E-state index contributed by atoms with van der Waals surface area (Å²) in [6.07, 6.45) is -2.43. The molecule has 10 nitrogen and oxygen atoms in total. The van der Waals surface area contributed by atoms with E-state index in [-0.39, 0.29) is 30.2 Å². The minimum absolute atomic E-state index is 0.0152. The Hall–Kier alpha value is -2.67. The van der Waals surface area contributed by atoms with Crippen molar-refractivity contribution in [3.8, 4) is 0 Å². The molecule has 0 bridgehead atoms. The third-order valence-electron chi connectivity index (χ3n) is 5.25. The van der Waals surface area contributed by atoms with E-state index in [1.807, 2.05) is 4.90 Å². The monoisotopic (exact) mass is 446 g/mol. The second-order valence-corrected chi connectivity index (χ2v) is 7.50. The molecular weight excluding hydrogens is 421 g/mol. The van der Waals surface area contributed by atoms with E-state index in [1.165, 1.54) is 22.5 Å². The molecule has 1 aliphatic heterocycles. The van der Waals surface area contributed by atoms with Gasteiger partial charge in [-0.25, -0.2) is 14.3 Å². The van der Waals surface area contributed by atoms with E-state index in [2.05, 4.69) is 9.72 Å². The predicted molar refractivity (Wildman–Crippen MR) is 105 cm³/mol. The van der Waals surface area contributed by atoms with Crippen LogP contribution in [0.4, 0.5) is 13.2 Å². The zero-order valence-electron chi connectivity index (χ0n) is 17.4. The number of piperazine rings is 1. The fourth-order valence-electron chi connectivity index (χ4n) is 3.57. The molecule has 1 aliphatic rings. The lowest BCUT2D eigenvalue weighted by Gasteiger charge is -2.34. The molecule has 0 spiro atoms. The summed E-state index contributed by atoms with van der Waals surface area (Å²) < 4.78 is 44.4. The van der Waals surface area contributed by atoms with Gasteiger partial charge in [0.05, 0.1) is 6.33 Å². The average Bonchev–Trinajstić information content (AvgIpc) is 3.10. The fraction of sp³-hybridized carbons (Fsp3) is 0.667. The highest BCUT2D eigenvalue weighted by Gasteiger charge is 2.27. The van der Waals surface area contributed by atoms with Gasteiger partial charge in [0, 0.05) is 53.4 Å². The first-order valence-electron chi connectivity index (χ1n) is 9.84. The van der Waals surface area contributed by atoms with Crippen LogP contribution in [0.15, 0.2) is 15.9 Å². The number of nitrogens with zero attached hydrogens (tertiary/aromatic N) is 6. The largest absolute Gasteiger partial charge is 0.411 e. The zero-order valence-corrected chi connectivity index (χ0v) is 17.4. The zero-order chi connectivity index (χ0) is 22.8. The van der Waals surface area contributed by atoms with Gasteiger partial charge >= 0.3 is 11.9 Å². The van der Waals surface area contributed by atoms with Crippen LogP contribution in [0.1, 0.15) is 6.42 Å². The Balaban J connectivity index is 1.54. The first kappa shape index (κ1) is 23.0. The van der Waals surface area contributed by atoms with Gasteiger partial charge in [-0.15, -0.1) is 0 Å². The second kappa shape index (κ2) is 9.22. The number of fused-ring (bicyclic) bond motifs is 1. The number of aryl methyl sites for hydroxylation is 2. The van der Waals surface area contributed by atoms with Crippen LogP contribution < -0.4 is 11.2 Å². The summed E-state index contributed by atoms with van der Waals surface area (Å²) in [6.45, 7) is 0.892. The van der Waals surface area contributed by atoms with E-state index in [4.69, 9.17) is 0 Å². The van der Waals surface area contributed by atoms with Crippen LogP contribution in [0.3, 0.4) is 0 Å². The number of hydrogen-bond donors (Lipinski definition) is 0. The lowest BCUT2D eigenvalue weighted by atomic mass is 10.3. The molecule has 0 aromatic carbocycles. The highest BCUT2D eigenvalue weighted by molar-refractivity contribution is 5.77. The smallest absolute Gasteiger partial charge is 0.372 e. The van der Waals surface area contributed by atoms with Crippen LogP contribution in [0.25, 0.3) is 11.2 Å². The van der Waals surface area contributed by atoms with E-state index >= 15 is 0 Å². The normalized spacial score (nSPS) is 15.7. The number of carbonyl (C=O) groups excluding carboxylic acids is 1. The van der Waals surface area contributed by atoms with Crippen LogP contribution in [0.2, 0.25) is 0 Å². The number of aromatic nitrogens is 4. The Bertz CT molecular complexity index is 1050. The maximum Gasteiger partial charge on any atom is 0.411 e. The molecule has 2 aromatic rings. The van der Waals surface area contributed by atoms with E-state index < -0.39 is 24.0 Å². The van der Waals surface area contributed by atoms with Gasteiger partial charge in [0.2, 0.25) is 5.91 Å². The molecule has 3 rings (SSSR count). The summed E-state index contributed by atoms with van der Waals surface area (Å²) in [5.74, 6) is -0.339. The summed E-state index contributed by atoms with van der Waals surface area (Å²) in [5, 5.41) is 0. The first-order valence-corrected chi connectivity index (χ1v) is 9.84. The summed E-state index contributed by atoms with van der Waals surface area (Å²) in [6, 6.07) is 0. The van der Waals surface area contributed by atoms with E-state index in [1.54, 1.807) is 11.9 Å². The molecule has 1 saturated heterocycles. The Morgan fingerprint density at radius 3 is 2.48 bits per heavy atom. The van der Waals surface area contributed by atoms with Crippen molar-refractivity contribution < 1.29 is 22.7 Å². The highest BCUT2D eigenvalue weighted by atomic mass is 19.4. The minimum Gasteiger partial charge on any atom is -0.372 e.